The van der Waals surface area contributed by atoms with E-state index in [-0.39, 0.29) is 5.91 Å². The molecule has 0 aliphatic rings. The van der Waals surface area contributed by atoms with Gasteiger partial charge in [-0.15, -0.1) is 0 Å². The first-order valence-corrected chi connectivity index (χ1v) is 7.75. The quantitative estimate of drug-likeness (QED) is 0.821. The van der Waals surface area contributed by atoms with E-state index in [1.807, 2.05) is 50.2 Å². The number of halogens is 1. The first-order chi connectivity index (χ1) is 9.58. The summed E-state index contributed by atoms with van der Waals surface area (Å²) in [6.07, 6.45) is 0.991. The minimum Gasteiger partial charge on any atom is -0.322 e. The summed E-state index contributed by atoms with van der Waals surface area (Å²) in [5.41, 5.74) is 4.98. The smallest absolute Gasteiger partial charge is 0.255 e. The highest BCUT2D eigenvalue weighted by Crippen LogP contribution is 2.14. The summed E-state index contributed by atoms with van der Waals surface area (Å²) in [4.78, 5) is 12.2. The molecule has 0 aliphatic carbocycles. The van der Waals surface area contributed by atoms with Crippen LogP contribution in [0, 0.1) is 13.8 Å². The van der Waals surface area contributed by atoms with Crippen LogP contribution in [0.3, 0.4) is 0 Å². The molecule has 20 heavy (non-hydrogen) atoms. The van der Waals surface area contributed by atoms with E-state index >= 15 is 0 Å². The van der Waals surface area contributed by atoms with Crippen LogP contribution in [0.15, 0.2) is 42.5 Å². The van der Waals surface area contributed by atoms with E-state index in [0.717, 1.165) is 28.6 Å². The third kappa shape index (κ3) is 3.94. The number of amides is 1. The molecule has 0 aromatic heterocycles. The Bertz CT molecular complexity index is 585. The molecule has 3 heteroatoms. The molecule has 1 amide bonds. The van der Waals surface area contributed by atoms with Crippen molar-refractivity contribution in [2.24, 2.45) is 0 Å². The Hall–Kier alpha value is -1.61. The molecule has 0 unspecified atom stereocenters. The SMILES string of the molecule is Cc1cc(C)cc(C(=O)Nc2ccc(CCBr)cc2)c1. The molecule has 0 atom stereocenters. The van der Waals surface area contributed by atoms with Gasteiger partial charge in [-0.05, 0) is 50.1 Å². The Kier molecular flexibility index (Phi) is 4.96. The van der Waals surface area contributed by atoms with Crippen LogP contribution in [0.4, 0.5) is 5.69 Å². The van der Waals surface area contributed by atoms with E-state index in [2.05, 4.69) is 27.3 Å². The Morgan fingerprint density at radius 1 is 1.05 bits per heavy atom. The molecular weight excluding hydrogens is 314 g/mol. The largest absolute Gasteiger partial charge is 0.322 e. The van der Waals surface area contributed by atoms with Crippen LogP contribution < -0.4 is 5.32 Å². The van der Waals surface area contributed by atoms with Crippen LogP contribution in [0.5, 0.6) is 0 Å². The Labute approximate surface area is 128 Å². The molecule has 0 aliphatic heterocycles. The van der Waals surface area contributed by atoms with Crippen LogP contribution in [0.2, 0.25) is 0 Å². The summed E-state index contributed by atoms with van der Waals surface area (Å²) < 4.78 is 0. The number of alkyl halides is 1. The van der Waals surface area contributed by atoms with E-state index in [9.17, 15) is 4.79 Å². The van der Waals surface area contributed by atoms with E-state index < -0.39 is 0 Å². The van der Waals surface area contributed by atoms with E-state index in [0.29, 0.717) is 5.56 Å². The summed E-state index contributed by atoms with van der Waals surface area (Å²) in [5.74, 6) is -0.0648. The topological polar surface area (TPSA) is 29.1 Å². The first-order valence-electron chi connectivity index (χ1n) is 6.63. The normalized spacial score (nSPS) is 10.3. The standard InChI is InChI=1S/C17H18BrNO/c1-12-9-13(2)11-15(10-12)17(20)19-16-5-3-14(4-6-16)7-8-18/h3-6,9-11H,7-8H2,1-2H3,(H,19,20). The van der Waals surface area contributed by atoms with Gasteiger partial charge >= 0.3 is 0 Å². The number of rotatable bonds is 4. The summed E-state index contributed by atoms with van der Waals surface area (Å²) in [6, 6.07) is 13.8. The Morgan fingerprint density at radius 3 is 2.20 bits per heavy atom. The fourth-order valence-corrected chi connectivity index (χ4v) is 2.63. The number of nitrogens with one attached hydrogen (secondary N) is 1. The molecule has 0 saturated carbocycles. The number of aryl methyl sites for hydroxylation is 3. The zero-order valence-electron chi connectivity index (χ0n) is 11.7. The van der Waals surface area contributed by atoms with E-state index in [1.54, 1.807) is 0 Å². The van der Waals surface area contributed by atoms with Gasteiger partial charge in [0.2, 0.25) is 0 Å². The van der Waals surface area contributed by atoms with Gasteiger partial charge in [-0.2, -0.15) is 0 Å². The summed E-state index contributed by atoms with van der Waals surface area (Å²) in [6.45, 7) is 4.00. The van der Waals surface area contributed by atoms with Gasteiger partial charge in [-0.3, -0.25) is 4.79 Å². The van der Waals surface area contributed by atoms with Crippen LogP contribution >= 0.6 is 15.9 Å². The van der Waals surface area contributed by atoms with Crippen molar-refractivity contribution in [2.75, 3.05) is 10.6 Å². The maximum absolute atomic E-state index is 12.2. The van der Waals surface area contributed by atoms with Crippen LogP contribution in [0.1, 0.15) is 27.0 Å². The van der Waals surface area contributed by atoms with Gasteiger partial charge in [-0.1, -0.05) is 45.3 Å². The Morgan fingerprint density at radius 2 is 1.65 bits per heavy atom. The molecule has 0 saturated heterocycles. The fraction of sp³-hybridized carbons (Fsp3) is 0.235. The lowest BCUT2D eigenvalue weighted by molar-refractivity contribution is 0.102. The van der Waals surface area contributed by atoms with Crippen molar-refractivity contribution in [2.45, 2.75) is 20.3 Å². The second-order valence-electron chi connectivity index (χ2n) is 4.97. The van der Waals surface area contributed by atoms with Gasteiger partial charge in [0.05, 0.1) is 0 Å². The van der Waals surface area contributed by atoms with Crippen molar-refractivity contribution in [1.29, 1.82) is 0 Å². The van der Waals surface area contributed by atoms with Crippen molar-refractivity contribution < 1.29 is 4.79 Å². The molecule has 2 nitrogen and oxygen atoms in total. The van der Waals surface area contributed by atoms with Gasteiger partial charge in [0, 0.05) is 16.6 Å². The molecule has 2 aromatic carbocycles. The van der Waals surface area contributed by atoms with Crippen molar-refractivity contribution in [3.8, 4) is 0 Å². The maximum Gasteiger partial charge on any atom is 0.255 e. The zero-order valence-corrected chi connectivity index (χ0v) is 13.3. The van der Waals surface area contributed by atoms with Gasteiger partial charge in [-0.25, -0.2) is 0 Å². The van der Waals surface area contributed by atoms with Gasteiger partial charge in [0.1, 0.15) is 0 Å². The minimum absolute atomic E-state index is 0.0648. The molecule has 0 heterocycles. The van der Waals surface area contributed by atoms with E-state index in [1.165, 1.54) is 5.56 Å². The third-order valence-corrected chi connectivity index (χ3v) is 3.48. The molecular formula is C17H18BrNO. The lowest BCUT2D eigenvalue weighted by Gasteiger charge is -2.08. The predicted octanol–water partition coefficient (Wildman–Crippen LogP) is 4.49. The second-order valence-corrected chi connectivity index (χ2v) is 5.76. The Balaban J connectivity index is 2.10. The van der Waals surface area contributed by atoms with Gasteiger partial charge in [0.15, 0.2) is 0 Å². The third-order valence-electron chi connectivity index (χ3n) is 3.08. The summed E-state index contributed by atoms with van der Waals surface area (Å²) in [7, 11) is 0. The average Bonchev–Trinajstić information content (AvgIpc) is 2.40. The van der Waals surface area contributed by atoms with Gasteiger partial charge < -0.3 is 5.32 Å². The fourth-order valence-electron chi connectivity index (χ4n) is 2.17. The molecule has 0 spiro atoms. The van der Waals surface area contributed by atoms with Crippen molar-refractivity contribution in [3.63, 3.8) is 0 Å². The lowest BCUT2D eigenvalue weighted by atomic mass is 10.1. The predicted molar refractivity (Wildman–Crippen MR) is 87.8 cm³/mol. The molecule has 0 radical (unpaired) electrons. The molecule has 2 aromatic rings. The van der Waals surface area contributed by atoms with Crippen LogP contribution in [-0.4, -0.2) is 11.2 Å². The number of benzene rings is 2. The number of carbonyl (C=O) groups is 1. The summed E-state index contributed by atoms with van der Waals surface area (Å²) >= 11 is 3.42. The summed E-state index contributed by atoms with van der Waals surface area (Å²) in [5, 5.41) is 3.88. The highest BCUT2D eigenvalue weighted by atomic mass is 79.9. The number of anilines is 1. The first kappa shape index (κ1) is 14.8. The highest BCUT2D eigenvalue weighted by molar-refractivity contribution is 9.09. The number of hydrogen-bond donors (Lipinski definition) is 1. The number of carbonyl (C=O) groups excluding carboxylic acids is 1. The molecule has 2 rings (SSSR count). The van der Waals surface area contributed by atoms with Crippen molar-refractivity contribution >= 4 is 27.5 Å². The minimum atomic E-state index is -0.0648. The van der Waals surface area contributed by atoms with Crippen LogP contribution in [0.25, 0.3) is 0 Å². The molecule has 0 bridgehead atoms. The maximum atomic E-state index is 12.2. The van der Waals surface area contributed by atoms with Crippen molar-refractivity contribution in [1.82, 2.24) is 0 Å². The average molecular weight is 332 g/mol. The number of hydrogen-bond acceptors (Lipinski definition) is 1. The molecule has 0 fully saturated rings. The van der Waals surface area contributed by atoms with Crippen molar-refractivity contribution in [3.05, 3.63) is 64.7 Å². The van der Waals surface area contributed by atoms with E-state index in [4.69, 9.17) is 0 Å². The molecule has 104 valence electrons. The molecule has 1 N–H and O–H groups in total. The monoisotopic (exact) mass is 331 g/mol. The lowest BCUT2D eigenvalue weighted by Crippen LogP contribution is -2.12. The van der Waals surface area contributed by atoms with Gasteiger partial charge in [0.25, 0.3) is 5.91 Å². The highest BCUT2D eigenvalue weighted by Gasteiger charge is 2.07. The van der Waals surface area contributed by atoms with Crippen LogP contribution in [-0.2, 0) is 6.42 Å². The zero-order chi connectivity index (χ0) is 14.5. The second kappa shape index (κ2) is 6.71.